The van der Waals surface area contributed by atoms with Crippen LogP contribution in [0.1, 0.15) is 11.6 Å². The van der Waals surface area contributed by atoms with Gasteiger partial charge < -0.3 is 10.1 Å². The van der Waals surface area contributed by atoms with Crippen LogP contribution < -0.4 is 0 Å². The van der Waals surface area contributed by atoms with E-state index in [1.165, 1.54) is 0 Å². The molecule has 0 amide bonds. The molecule has 0 aliphatic carbocycles. The lowest BCUT2D eigenvalue weighted by molar-refractivity contribution is 0.268. The molecular formula is C9H9N5O. The molecule has 0 aliphatic rings. The summed E-state index contributed by atoms with van der Waals surface area (Å²) >= 11 is 0. The first-order valence-corrected chi connectivity index (χ1v) is 4.43. The number of nitrogens with zero attached hydrogens (tertiary/aromatic N) is 4. The molecule has 0 fully saturated rings. The quantitative estimate of drug-likeness (QED) is 0.452. The van der Waals surface area contributed by atoms with Crippen LogP contribution in [0.25, 0.3) is 21.5 Å². The summed E-state index contributed by atoms with van der Waals surface area (Å²) in [6.07, 6.45) is 1.59. The lowest BCUT2D eigenvalue weighted by Crippen LogP contribution is -1.99. The SMILES string of the molecule is [N-]=[N+]=NC(CO)c1ccc2nc[nH]c2c1. The van der Waals surface area contributed by atoms with Gasteiger partial charge in [-0.05, 0) is 23.2 Å². The van der Waals surface area contributed by atoms with Crippen molar-refractivity contribution in [1.82, 2.24) is 9.97 Å². The number of nitrogens with one attached hydrogen (secondary N) is 1. The van der Waals surface area contributed by atoms with Crippen molar-refractivity contribution in [3.8, 4) is 0 Å². The summed E-state index contributed by atoms with van der Waals surface area (Å²) in [6.45, 7) is -0.205. The van der Waals surface area contributed by atoms with E-state index >= 15 is 0 Å². The maximum atomic E-state index is 9.04. The Morgan fingerprint density at radius 2 is 2.47 bits per heavy atom. The van der Waals surface area contributed by atoms with Crippen molar-refractivity contribution < 1.29 is 5.11 Å². The van der Waals surface area contributed by atoms with Gasteiger partial charge in [0.25, 0.3) is 0 Å². The third-order valence-electron chi connectivity index (χ3n) is 2.19. The largest absolute Gasteiger partial charge is 0.396 e. The van der Waals surface area contributed by atoms with Crippen LogP contribution in [0.4, 0.5) is 0 Å². The molecule has 1 atom stereocenters. The predicted octanol–water partition coefficient (Wildman–Crippen LogP) is 1.91. The molecule has 6 nitrogen and oxygen atoms in total. The fraction of sp³-hybridized carbons (Fsp3) is 0.222. The van der Waals surface area contributed by atoms with Crippen LogP contribution in [0, 0.1) is 0 Å². The summed E-state index contributed by atoms with van der Waals surface area (Å²) in [5, 5.41) is 12.5. The van der Waals surface area contributed by atoms with Crippen molar-refractivity contribution >= 4 is 11.0 Å². The number of fused-ring (bicyclic) bond motifs is 1. The van der Waals surface area contributed by atoms with Crippen molar-refractivity contribution in [1.29, 1.82) is 0 Å². The molecule has 1 aromatic heterocycles. The highest BCUT2D eigenvalue weighted by atomic mass is 16.3. The summed E-state index contributed by atoms with van der Waals surface area (Å²) in [6, 6.07) is 4.88. The molecule has 0 spiro atoms. The molecule has 1 unspecified atom stereocenters. The zero-order chi connectivity index (χ0) is 10.7. The van der Waals surface area contributed by atoms with Crippen LogP contribution in [-0.2, 0) is 0 Å². The van der Waals surface area contributed by atoms with Gasteiger partial charge in [0.15, 0.2) is 0 Å². The highest BCUT2D eigenvalue weighted by Gasteiger charge is 2.08. The van der Waals surface area contributed by atoms with Gasteiger partial charge in [-0.15, -0.1) is 0 Å². The second kappa shape index (κ2) is 4.00. The highest BCUT2D eigenvalue weighted by Crippen LogP contribution is 2.20. The molecule has 0 radical (unpaired) electrons. The van der Waals surface area contributed by atoms with Gasteiger partial charge in [-0.25, -0.2) is 4.98 Å². The molecule has 15 heavy (non-hydrogen) atoms. The van der Waals surface area contributed by atoms with Gasteiger partial charge in [0.05, 0.1) is 30.0 Å². The number of hydrogen-bond donors (Lipinski definition) is 2. The number of azide groups is 1. The van der Waals surface area contributed by atoms with E-state index in [9.17, 15) is 0 Å². The zero-order valence-electron chi connectivity index (χ0n) is 7.83. The Kier molecular flexibility index (Phi) is 2.53. The number of aliphatic hydroxyl groups excluding tert-OH is 1. The molecule has 76 valence electrons. The molecule has 2 N–H and O–H groups in total. The predicted molar refractivity (Wildman–Crippen MR) is 55.1 cm³/mol. The number of H-pyrrole nitrogens is 1. The molecule has 0 bridgehead atoms. The minimum atomic E-state index is -0.539. The number of benzene rings is 1. The number of aliphatic hydroxyl groups is 1. The normalized spacial score (nSPS) is 12.3. The Labute approximate surface area is 85.2 Å². The van der Waals surface area contributed by atoms with E-state index < -0.39 is 6.04 Å². The molecule has 6 heteroatoms. The fourth-order valence-electron chi connectivity index (χ4n) is 1.43. The van der Waals surface area contributed by atoms with E-state index in [1.54, 1.807) is 12.4 Å². The third-order valence-corrected chi connectivity index (χ3v) is 2.19. The lowest BCUT2D eigenvalue weighted by atomic mass is 10.1. The summed E-state index contributed by atoms with van der Waals surface area (Å²) < 4.78 is 0. The lowest BCUT2D eigenvalue weighted by Gasteiger charge is -2.06. The van der Waals surface area contributed by atoms with E-state index in [4.69, 9.17) is 10.6 Å². The average molecular weight is 203 g/mol. The van der Waals surface area contributed by atoms with Gasteiger partial charge in [0.1, 0.15) is 0 Å². The Balaban J connectivity index is 2.45. The van der Waals surface area contributed by atoms with Gasteiger partial charge in [-0.1, -0.05) is 11.2 Å². The number of aromatic nitrogens is 2. The summed E-state index contributed by atoms with van der Waals surface area (Å²) in [5.74, 6) is 0. The fourth-order valence-corrected chi connectivity index (χ4v) is 1.43. The average Bonchev–Trinajstić information content (AvgIpc) is 2.72. The smallest absolute Gasteiger partial charge is 0.0931 e. The van der Waals surface area contributed by atoms with Crippen LogP contribution in [0.2, 0.25) is 0 Å². The Bertz CT molecular complexity index is 514. The van der Waals surface area contributed by atoms with Gasteiger partial charge in [0.2, 0.25) is 0 Å². The Morgan fingerprint density at radius 3 is 3.20 bits per heavy atom. The van der Waals surface area contributed by atoms with Gasteiger partial charge in [0, 0.05) is 4.91 Å². The van der Waals surface area contributed by atoms with Crippen LogP contribution >= 0.6 is 0 Å². The van der Waals surface area contributed by atoms with Crippen molar-refractivity contribution in [2.45, 2.75) is 6.04 Å². The number of aromatic amines is 1. The Morgan fingerprint density at radius 1 is 1.60 bits per heavy atom. The van der Waals surface area contributed by atoms with Crippen LogP contribution in [0.15, 0.2) is 29.6 Å². The Hall–Kier alpha value is -2.04. The van der Waals surface area contributed by atoms with Crippen molar-refractivity contribution in [3.05, 3.63) is 40.5 Å². The zero-order valence-corrected chi connectivity index (χ0v) is 7.83. The summed E-state index contributed by atoms with van der Waals surface area (Å²) in [4.78, 5) is 9.71. The molecule has 1 heterocycles. The van der Waals surface area contributed by atoms with Crippen LogP contribution in [-0.4, -0.2) is 21.7 Å². The monoisotopic (exact) mass is 203 g/mol. The second-order valence-electron chi connectivity index (χ2n) is 3.08. The minimum Gasteiger partial charge on any atom is -0.396 e. The minimum absolute atomic E-state index is 0.205. The molecule has 0 saturated carbocycles. The van der Waals surface area contributed by atoms with Crippen molar-refractivity contribution in [2.24, 2.45) is 5.11 Å². The number of rotatable bonds is 3. The molecule has 2 rings (SSSR count). The van der Waals surface area contributed by atoms with Gasteiger partial charge in [-0.2, -0.15) is 0 Å². The van der Waals surface area contributed by atoms with E-state index in [1.807, 2.05) is 12.1 Å². The standard InChI is InChI=1S/C9H9N5O/c10-14-13-9(4-15)6-1-2-7-8(3-6)12-5-11-7/h1-3,5,9,15H,4H2,(H,11,12). The third kappa shape index (κ3) is 1.76. The molecule has 0 aliphatic heterocycles. The van der Waals surface area contributed by atoms with E-state index in [2.05, 4.69) is 20.0 Å². The first kappa shape index (κ1) is 9.51. The summed E-state index contributed by atoms with van der Waals surface area (Å²) in [5.41, 5.74) is 10.8. The first-order valence-electron chi connectivity index (χ1n) is 4.43. The van der Waals surface area contributed by atoms with Gasteiger partial charge in [-0.3, -0.25) is 0 Å². The van der Waals surface area contributed by atoms with E-state index in [-0.39, 0.29) is 6.61 Å². The van der Waals surface area contributed by atoms with Crippen LogP contribution in [0.5, 0.6) is 0 Å². The van der Waals surface area contributed by atoms with Gasteiger partial charge >= 0.3 is 0 Å². The van der Waals surface area contributed by atoms with E-state index in [0.29, 0.717) is 0 Å². The molecule has 1 aromatic carbocycles. The topological polar surface area (TPSA) is 97.7 Å². The summed E-state index contributed by atoms with van der Waals surface area (Å²) in [7, 11) is 0. The van der Waals surface area contributed by atoms with Crippen molar-refractivity contribution in [3.63, 3.8) is 0 Å². The molecule has 0 saturated heterocycles. The van der Waals surface area contributed by atoms with Crippen LogP contribution in [0.3, 0.4) is 0 Å². The molecule has 2 aromatic rings. The number of hydrogen-bond acceptors (Lipinski definition) is 3. The maximum absolute atomic E-state index is 9.04. The van der Waals surface area contributed by atoms with E-state index in [0.717, 1.165) is 16.6 Å². The maximum Gasteiger partial charge on any atom is 0.0931 e. The molecular weight excluding hydrogens is 194 g/mol. The highest BCUT2D eigenvalue weighted by molar-refractivity contribution is 5.75. The number of imidazole rings is 1. The van der Waals surface area contributed by atoms with Crippen molar-refractivity contribution in [2.75, 3.05) is 6.61 Å². The first-order chi connectivity index (χ1) is 7.35. The second-order valence-corrected chi connectivity index (χ2v) is 3.08.